The van der Waals surface area contributed by atoms with Crippen LogP contribution in [0.4, 0.5) is 0 Å². The number of fused-ring (bicyclic) bond motifs is 1. The number of nitrogens with zero attached hydrogens (tertiary/aromatic N) is 2. The summed E-state index contributed by atoms with van der Waals surface area (Å²) in [4.78, 5) is 18.7. The number of rotatable bonds is 4. The first-order chi connectivity index (χ1) is 9.20. The molecule has 0 radical (unpaired) electrons. The highest BCUT2D eigenvalue weighted by Gasteiger charge is 2.59. The molecule has 3 rings (SSSR count). The summed E-state index contributed by atoms with van der Waals surface area (Å²) in [7, 11) is 0. The molecule has 1 aliphatic heterocycles. The third-order valence-corrected chi connectivity index (χ3v) is 4.58. The molecule has 0 spiro atoms. The Bertz CT molecular complexity index is 499. The van der Waals surface area contributed by atoms with Crippen LogP contribution in [0.3, 0.4) is 0 Å². The van der Waals surface area contributed by atoms with Gasteiger partial charge in [-0.1, -0.05) is 6.92 Å². The Kier molecular flexibility index (Phi) is 2.96. The summed E-state index contributed by atoms with van der Waals surface area (Å²) in [5.41, 5.74) is 1.01. The first-order valence-electron chi connectivity index (χ1n) is 7.07. The molecule has 1 aromatic rings. The second-order valence-electron chi connectivity index (χ2n) is 5.59. The zero-order valence-corrected chi connectivity index (χ0v) is 11.6. The lowest BCUT2D eigenvalue weighted by molar-refractivity contribution is 0.0759. The molecule has 0 aromatic carbocycles. The van der Waals surface area contributed by atoms with Crippen molar-refractivity contribution < 1.29 is 9.53 Å². The molecule has 1 amide bonds. The van der Waals surface area contributed by atoms with Crippen LogP contribution in [-0.4, -0.2) is 35.5 Å². The van der Waals surface area contributed by atoms with Gasteiger partial charge in [0.25, 0.3) is 5.91 Å². The second kappa shape index (κ2) is 4.51. The quantitative estimate of drug-likeness (QED) is 0.834. The van der Waals surface area contributed by atoms with Gasteiger partial charge in [-0.25, -0.2) is 4.98 Å². The fourth-order valence-corrected chi connectivity index (χ4v) is 3.27. The summed E-state index contributed by atoms with van der Waals surface area (Å²) < 4.78 is 5.45. The van der Waals surface area contributed by atoms with Crippen molar-refractivity contribution in [3.8, 4) is 5.88 Å². The van der Waals surface area contributed by atoms with Crippen molar-refractivity contribution in [1.82, 2.24) is 9.88 Å². The Morgan fingerprint density at radius 1 is 1.58 bits per heavy atom. The number of hydrogen-bond donors (Lipinski definition) is 0. The molecule has 1 saturated heterocycles. The van der Waals surface area contributed by atoms with E-state index in [9.17, 15) is 4.79 Å². The van der Waals surface area contributed by atoms with E-state index < -0.39 is 0 Å². The van der Waals surface area contributed by atoms with Crippen molar-refractivity contribution in [3.63, 3.8) is 0 Å². The van der Waals surface area contributed by atoms with E-state index in [0.29, 0.717) is 29.4 Å². The molecule has 102 valence electrons. The Morgan fingerprint density at radius 3 is 3.11 bits per heavy atom. The van der Waals surface area contributed by atoms with Crippen molar-refractivity contribution in [2.45, 2.75) is 26.7 Å². The fourth-order valence-electron chi connectivity index (χ4n) is 3.27. The van der Waals surface area contributed by atoms with Gasteiger partial charge in [0.15, 0.2) is 0 Å². The predicted molar refractivity (Wildman–Crippen MR) is 72.1 cm³/mol. The molecule has 2 aliphatic rings. The molecule has 2 atom stereocenters. The van der Waals surface area contributed by atoms with Gasteiger partial charge in [0, 0.05) is 19.3 Å². The number of ether oxygens (including phenoxy) is 1. The number of carbonyl (C=O) groups is 1. The number of piperidine rings is 1. The fraction of sp³-hybridized carbons (Fsp3) is 0.600. The molecule has 1 saturated carbocycles. The standard InChI is InChI=1S/C15H20N2O2/c1-3-15-8-11(15)9-17(10-15)14(18)12-6-5-7-16-13(12)19-4-2/h5-7,11H,3-4,8-10H2,1-2H3. The summed E-state index contributed by atoms with van der Waals surface area (Å²) in [6, 6.07) is 3.60. The molecule has 0 bridgehead atoms. The summed E-state index contributed by atoms with van der Waals surface area (Å²) in [6.45, 7) is 6.45. The van der Waals surface area contributed by atoms with Crippen molar-refractivity contribution in [1.29, 1.82) is 0 Å². The average Bonchev–Trinajstić information content (AvgIpc) is 3.01. The normalized spacial score (nSPS) is 28.1. The average molecular weight is 260 g/mol. The minimum absolute atomic E-state index is 0.0663. The summed E-state index contributed by atoms with van der Waals surface area (Å²) >= 11 is 0. The summed E-state index contributed by atoms with van der Waals surface area (Å²) in [5, 5.41) is 0. The molecule has 0 N–H and O–H groups in total. The molecule has 2 heterocycles. The van der Waals surface area contributed by atoms with Crippen molar-refractivity contribution in [2.75, 3.05) is 19.7 Å². The largest absolute Gasteiger partial charge is 0.477 e. The van der Waals surface area contributed by atoms with Gasteiger partial charge in [-0.15, -0.1) is 0 Å². The van der Waals surface area contributed by atoms with Crippen LogP contribution in [0.5, 0.6) is 5.88 Å². The van der Waals surface area contributed by atoms with Gasteiger partial charge in [-0.05, 0) is 43.2 Å². The van der Waals surface area contributed by atoms with Gasteiger partial charge in [0.1, 0.15) is 5.56 Å². The first kappa shape index (κ1) is 12.5. The van der Waals surface area contributed by atoms with Crippen LogP contribution in [-0.2, 0) is 0 Å². The van der Waals surface area contributed by atoms with Crippen LogP contribution in [0, 0.1) is 11.3 Å². The Morgan fingerprint density at radius 2 is 2.42 bits per heavy atom. The summed E-state index contributed by atoms with van der Waals surface area (Å²) in [6.07, 6.45) is 4.13. The van der Waals surface area contributed by atoms with Crippen molar-refractivity contribution in [3.05, 3.63) is 23.9 Å². The Hall–Kier alpha value is -1.58. The first-order valence-corrected chi connectivity index (χ1v) is 7.07. The molecule has 19 heavy (non-hydrogen) atoms. The highest BCUT2D eigenvalue weighted by atomic mass is 16.5. The monoisotopic (exact) mass is 260 g/mol. The minimum Gasteiger partial charge on any atom is -0.477 e. The number of aromatic nitrogens is 1. The summed E-state index contributed by atoms with van der Waals surface area (Å²) in [5.74, 6) is 1.24. The number of amides is 1. The van der Waals surface area contributed by atoms with Gasteiger partial charge in [-0.2, -0.15) is 0 Å². The van der Waals surface area contributed by atoms with Gasteiger partial charge in [0.2, 0.25) is 5.88 Å². The SMILES string of the molecule is CCOc1ncccc1C(=O)N1CC2CC2(CC)C1. The topological polar surface area (TPSA) is 42.4 Å². The van der Waals surface area contributed by atoms with E-state index in [1.165, 1.54) is 12.8 Å². The van der Waals surface area contributed by atoms with Gasteiger partial charge >= 0.3 is 0 Å². The number of pyridine rings is 1. The zero-order valence-electron chi connectivity index (χ0n) is 11.6. The van der Waals surface area contributed by atoms with Crippen LogP contribution >= 0.6 is 0 Å². The molecular formula is C15H20N2O2. The second-order valence-corrected chi connectivity index (χ2v) is 5.59. The highest BCUT2D eigenvalue weighted by molar-refractivity contribution is 5.96. The third kappa shape index (κ3) is 1.99. The molecule has 4 nitrogen and oxygen atoms in total. The van der Waals surface area contributed by atoms with E-state index in [-0.39, 0.29) is 5.91 Å². The number of likely N-dealkylation sites (tertiary alicyclic amines) is 1. The maximum atomic E-state index is 12.6. The number of carbonyl (C=O) groups excluding carboxylic acids is 1. The maximum Gasteiger partial charge on any atom is 0.259 e. The predicted octanol–water partition coefficient (Wildman–Crippen LogP) is 2.35. The van der Waals surface area contributed by atoms with Gasteiger partial charge in [-0.3, -0.25) is 4.79 Å². The van der Waals surface area contributed by atoms with Crippen molar-refractivity contribution >= 4 is 5.91 Å². The highest BCUT2D eigenvalue weighted by Crippen LogP contribution is 2.60. The molecular weight excluding hydrogens is 240 g/mol. The van der Waals surface area contributed by atoms with Gasteiger partial charge in [0.05, 0.1) is 6.61 Å². The molecule has 1 aromatic heterocycles. The van der Waals surface area contributed by atoms with Crippen LogP contribution in [0.15, 0.2) is 18.3 Å². The van der Waals surface area contributed by atoms with E-state index in [4.69, 9.17) is 4.74 Å². The van der Waals surface area contributed by atoms with Gasteiger partial charge < -0.3 is 9.64 Å². The van der Waals surface area contributed by atoms with E-state index in [0.717, 1.165) is 13.1 Å². The minimum atomic E-state index is 0.0663. The van der Waals surface area contributed by atoms with Crippen molar-refractivity contribution in [2.24, 2.45) is 11.3 Å². The smallest absolute Gasteiger partial charge is 0.259 e. The Balaban J connectivity index is 1.78. The molecule has 2 fully saturated rings. The number of hydrogen-bond acceptors (Lipinski definition) is 3. The van der Waals surface area contributed by atoms with E-state index in [1.807, 2.05) is 17.9 Å². The lowest BCUT2D eigenvalue weighted by Gasteiger charge is -2.21. The zero-order chi connectivity index (χ0) is 13.5. The molecule has 1 aliphatic carbocycles. The van der Waals surface area contributed by atoms with Crippen LogP contribution in [0.1, 0.15) is 37.0 Å². The lowest BCUT2D eigenvalue weighted by atomic mass is 10.0. The van der Waals surface area contributed by atoms with E-state index in [2.05, 4.69) is 11.9 Å². The van der Waals surface area contributed by atoms with E-state index in [1.54, 1.807) is 12.3 Å². The van der Waals surface area contributed by atoms with Crippen LogP contribution in [0.25, 0.3) is 0 Å². The van der Waals surface area contributed by atoms with Crippen LogP contribution in [0.2, 0.25) is 0 Å². The van der Waals surface area contributed by atoms with E-state index >= 15 is 0 Å². The van der Waals surface area contributed by atoms with Crippen LogP contribution < -0.4 is 4.74 Å². The lowest BCUT2D eigenvalue weighted by Crippen LogP contribution is -2.32. The molecule has 4 heteroatoms. The molecule has 2 unspecified atom stereocenters. The maximum absolute atomic E-state index is 12.6. The third-order valence-electron chi connectivity index (χ3n) is 4.58. The Labute approximate surface area is 113 Å².